The number of rotatable bonds is 4. The fourth-order valence-corrected chi connectivity index (χ4v) is 3.16. The van der Waals surface area contributed by atoms with Crippen molar-refractivity contribution in [2.45, 2.75) is 39.7 Å². The molecule has 0 bridgehead atoms. The second-order valence-electron chi connectivity index (χ2n) is 6.39. The molecule has 1 amide bonds. The number of benzene rings is 1. The standard InChI is InChI=1S/C18H20N6O/c1-11-12(2)21-15-10-13(5-6-14(15)20-11)18(25)19-8-7-17-23-22-16-4-3-9-24(16)17/h5-6,10H,3-4,7-9H2,1-2H3,(H,19,25). The van der Waals surface area contributed by atoms with Crippen LogP contribution in [-0.4, -0.2) is 37.2 Å². The van der Waals surface area contributed by atoms with Crippen LogP contribution < -0.4 is 5.32 Å². The van der Waals surface area contributed by atoms with Crippen LogP contribution in [0.4, 0.5) is 0 Å². The van der Waals surface area contributed by atoms with Gasteiger partial charge in [-0.2, -0.15) is 0 Å². The monoisotopic (exact) mass is 336 g/mol. The summed E-state index contributed by atoms with van der Waals surface area (Å²) in [5.41, 5.74) is 3.93. The van der Waals surface area contributed by atoms with Crippen LogP contribution in [0.3, 0.4) is 0 Å². The van der Waals surface area contributed by atoms with Crippen molar-refractivity contribution in [1.29, 1.82) is 0 Å². The first-order valence-corrected chi connectivity index (χ1v) is 8.56. The summed E-state index contributed by atoms with van der Waals surface area (Å²) in [7, 11) is 0. The summed E-state index contributed by atoms with van der Waals surface area (Å²) < 4.78 is 2.16. The third-order valence-corrected chi connectivity index (χ3v) is 4.66. The van der Waals surface area contributed by atoms with Gasteiger partial charge in [-0.1, -0.05) is 0 Å². The predicted octanol–water partition coefficient (Wildman–Crippen LogP) is 1.76. The highest BCUT2D eigenvalue weighted by Crippen LogP contribution is 2.15. The molecular formula is C18H20N6O. The Kier molecular flexibility index (Phi) is 3.91. The highest BCUT2D eigenvalue weighted by atomic mass is 16.1. The molecule has 0 aliphatic carbocycles. The van der Waals surface area contributed by atoms with Crippen LogP contribution >= 0.6 is 0 Å². The van der Waals surface area contributed by atoms with Crippen molar-refractivity contribution < 1.29 is 4.79 Å². The Morgan fingerprint density at radius 3 is 2.80 bits per heavy atom. The number of aromatic nitrogens is 5. The summed E-state index contributed by atoms with van der Waals surface area (Å²) in [6.07, 6.45) is 2.81. The van der Waals surface area contributed by atoms with E-state index >= 15 is 0 Å². The third kappa shape index (κ3) is 2.97. The largest absolute Gasteiger partial charge is 0.352 e. The van der Waals surface area contributed by atoms with Crippen molar-refractivity contribution >= 4 is 16.9 Å². The minimum Gasteiger partial charge on any atom is -0.352 e. The lowest BCUT2D eigenvalue weighted by Crippen LogP contribution is -2.26. The van der Waals surface area contributed by atoms with Crippen molar-refractivity contribution in [2.75, 3.05) is 6.54 Å². The van der Waals surface area contributed by atoms with Gasteiger partial charge in [-0.05, 0) is 38.5 Å². The van der Waals surface area contributed by atoms with Crippen LogP contribution in [0.15, 0.2) is 18.2 Å². The second-order valence-corrected chi connectivity index (χ2v) is 6.39. The first-order chi connectivity index (χ1) is 12.1. The van der Waals surface area contributed by atoms with E-state index in [9.17, 15) is 4.79 Å². The van der Waals surface area contributed by atoms with E-state index in [0.717, 1.165) is 53.5 Å². The maximum atomic E-state index is 12.4. The Bertz CT molecular complexity index is 962. The minimum absolute atomic E-state index is 0.108. The predicted molar refractivity (Wildman–Crippen MR) is 93.4 cm³/mol. The Morgan fingerprint density at radius 1 is 1.16 bits per heavy atom. The third-order valence-electron chi connectivity index (χ3n) is 4.66. The number of aryl methyl sites for hydroxylation is 3. The maximum absolute atomic E-state index is 12.4. The van der Waals surface area contributed by atoms with E-state index in [-0.39, 0.29) is 5.91 Å². The zero-order chi connectivity index (χ0) is 17.4. The first-order valence-electron chi connectivity index (χ1n) is 8.56. The average molecular weight is 336 g/mol. The van der Waals surface area contributed by atoms with Gasteiger partial charge in [0.25, 0.3) is 5.91 Å². The average Bonchev–Trinajstić information content (AvgIpc) is 3.20. The molecule has 0 fully saturated rings. The molecule has 0 radical (unpaired) electrons. The summed E-state index contributed by atoms with van der Waals surface area (Å²) >= 11 is 0. The highest BCUT2D eigenvalue weighted by Gasteiger charge is 2.17. The number of nitrogens with zero attached hydrogens (tertiary/aromatic N) is 5. The molecule has 0 spiro atoms. The van der Waals surface area contributed by atoms with Gasteiger partial charge < -0.3 is 9.88 Å². The summed E-state index contributed by atoms with van der Waals surface area (Å²) in [5.74, 6) is 1.89. The maximum Gasteiger partial charge on any atom is 0.251 e. The van der Waals surface area contributed by atoms with E-state index in [2.05, 4.69) is 30.0 Å². The van der Waals surface area contributed by atoms with Gasteiger partial charge >= 0.3 is 0 Å². The molecule has 7 nitrogen and oxygen atoms in total. The lowest BCUT2D eigenvalue weighted by molar-refractivity contribution is 0.0954. The van der Waals surface area contributed by atoms with Gasteiger partial charge in [-0.3, -0.25) is 4.79 Å². The van der Waals surface area contributed by atoms with Gasteiger partial charge in [0, 0.05) is 31.5 Å². The number of nitrogens with one attached hydrogen (secondary N) is 1. The molecule has 0 unspecified atom stereocenters. The highest BCUT2D eigenvalue weighted by molar-refractivity contribution is 5.97. The molecule has 7 heteroatoms. The van der Waals surface area contributed by atoms with Crippen molar-refractivity contribution in [3.8, 4) is 0 Å². The summed E-state index contributed by atoms with van der Waals surface area (Å²) in [6.45, 7) is 5.37. The lowest BCUT2D eigenvalue weighted by Gasteiger charge is -2.07. The number of hydrogen-bond acceptors (Lipinski definition) is 5. The summed E-state index contributed by atoms with van der Waals surface area (Å²) in [4.78, 5) is 21.4. The minimum atomic E-state index is -0.108. The molecule has 3 aromatic rings. The molecule has 1 aromatic carbocycles. The van der Waals surface area contributed by atoms with Crippen molar-refractivity contribution in [3.63, 3.8) is 0 Å². The Hall–Kier alpha value is -2.83. The first kappa shape index (κ1) is 15.7. The van der Waals surface area contributed by atoms with Crippen LogP contribution in [0, 0.1) is 13.8 Å². The molecule has 1 aliphatic heterocycles. The van der Waals surface area contributed by atoms with E-state index in [1.165, 1.54) is 0 Å². The van der Waals surface area contributed by atoms with Gasteiger partial charge in [0.15, 0.2) is 0 Å². The van der Waals surface area contributed by atoms with Crippen molar-refractivity contribution in [2.24, 2.45) is 0 Å². The Morgan fingerprint density at radius 2 is 1.96 bits per heavy atom. The number of fused-ring (bicyclic) bond motifs is 2. The van der Waals surface area contributed by atoms with E-state index in [4.69, 9.17) is 0 Å². The second kappa shape index (κ2) is 6.23. The van der Waals surface area contributed by atoms with Gasteiger partial charge in [0.2, 0.25) is 0 Å². The molecule has 1 N–H and O–H groups in total. The molecule has 128 valence electrons. The summed E-state index contributed by atoms with van der Waals surface area (Å²) in [6, 6.07) is 5.42. The molecule has 2 aromatic heterocycles. The zero-order valence-electron chi connectivity index (χ0n) is 14.4. The topological polar surface area (TPSA) is 85.6 Å². The fourth-order valence-electron chi connectivity index (χ4n) is 3.16. The lowest BCUT2D eigenvalue weighted by atomic mass is 10.1. The van der Waals surface area contributed by atoms with Crippen LogP contribution in [0.5, 0.6) is 0 Å². The van der Waals surface area contributed by atoms with Gasteiger partial charge in [0.05, 0.1) is 22.4 Å². The van der Waals surface area contributed by atoms with E-state index < -0.39 is 0 Å². The molecule has 25 heavy (non-hydrogen) atoms. The normalized spacial score (nSPS) is 13.2. The van der Waals surface area contributed by atoms with Crippen LogP contribution in [0.25, 0.3) is 11.0 Å². The number of carbonyl (C=O) groups excluding carboxylic acids is 1. The van der Waals surface area contributed by atoms with Crippen LogP contribution in [-0.2, 0) is 19.4 Å². The van der Waals surface area contributed by atoms with E-state index in [1.807, 2.05) is 19.9 Å². The fraction of sp³-hybridized carbons (Fsp3) is 0.389. The molecule has 4 rings (SSSR count). The van der Waals surface area contributed by atoms with E-state index in [1.54, 1.807) is 12.1 Å². The molecule has 3 heterocycles. The summed E-state index contributed by atoms with van der Waals surface area (Å²) in [5, 5.41) is 11.3. The number of hydrogen-bond donors (Lipinski definition) is 1. The molecular weight excluding hydrogens is 316 g/mol. The van der Waals surface area contributed by atoms with Gasteiger partial charge in [0.1, 0.15) is 11.6 Å². The number of carbonyl (C=O) groups is 1. The van der Waals surface area contributed by atoms with E-state index in [0.29, 0.717) is 18.5 Å². The van der Waals surface area contributed by atoms with Crippen molar-refractivity contribution in [3.05, 3.63) is 46.8 Å². The molecule has 0 saturated heterocycles. The molecule has 1 aliphatic rings. The van der Waals surface area contributed by atoms with Gasteiger partial charge in [-0.25, -0.2) is 9.97 Å². The molecule has 0 atom stereocenters. The number of amides is 1. The SMILES string of the molecule is Cc1nc2ccc(C(=O)NCCc3nnc4n3CCC4)cc2nc1C. The quantitative estimate of drug-likeness (QED) is 0.784. The van der Waals surface area contributed by atoms with Gasteiger partial charge in [-0.15, -0.1) is 10.2 Å². The van der Waals surface area contributed by atoms with Crippen molar-refractivity contribution in [1.82, 2.24) is 30.0 Å². The van der Waals surface area contributed by atoms with Crippen LogP contribution in [0.1, 0.15) is 39.8 Å². The smallest absolute Gasteiger partial charge is 0.251 e. The zero-order valence-corrected chi connectivity index (χ0v) is 14.4. The van der Waals surface area contributed by atoms with Crippen LogP contribution in [0.2, 0.25) is 0 Å². The molecule has 0 saturated carbocycles. The Labute approximate surface area is 145 Å². The Balaban J connectivity index is 1.44.